The van der Waals surface area contributed by atoms with E-state index in [2.05, 4.69) is 4.74 Å². The smallest absolute Gasteiger partial charge is 0.327 e. The van der Waals surface area contributed by atoms with Gasteiger partial charge in [-0.05, 0) is 37.5 Å². The van der Waals surface area contributed by atoms with Gasteiger partial charge in [0.1, 0.15) is 5.66 Å². The van der Waals surface area contributed by atoms with Crippen LogP contribution in [-0.2, 0) is 23.4 Å². The van der Waals surface area contributed by atoms with Gasteiger partial charge in [-0.1, -0.05) is 25.7 Å². The molecule has 0 aromatic heterocycles. The second-order valence-electron chi connectivity index (χ2n) is 7.27. The molecule has 0 amide bonds. The summed E-state index contributed by atoms with van der Waals surface area (Å²) in [4.78, 5) is 23.5. The van der Waals surface area contributed by atoms with Gasteiger partial charge in [-0.2, -0.15) is 0 Å². The van der Waals surface area contributed by atoms with Crippen LogP contribution >= 0.6 is 7.37 Å². The van der Waals surface area contributed by atoms with E-state index < -0.39 is 25.0 Å². The predicted molar refractivity (Wildman–Crippen MR) is 79.7 cm³/mol. The van der Waals surface area contributed by atoms with Crippen LogP contribution in [0.3, 0.4) is 0 Å². The summed E-state index contributed by atoms with van der Waals surface area (Å²) in [5.41, 5.74) is -0.877. The lowest BCUT2D eigenvalue weighted by molar-refractivity contribution is -0.151. The fraction of sp³-hybridized carbons (Fsp3) is 0.875. The molecule has 0 spiro atoms. The molecule has 122 valence electrons. The quantitative estimate of drug-likeness (QED) is 0.420. The van der Waals surface area contributed by atoms with Crippen LogP contribution in [0, 0.1) is 11.8 Å². The zero-order valence-electron chi connectivity index (χ0n) is 12.7. The van der Waals surface area contributed by atoms with E-state index >= 15 is 0 Å². The Kier molecular flexibility index (Phi) is 3.69. The summed E-state index contributed by atoms with van der Waals surface area (Å²) in [5.74, 6) is -0.268. The van der Waals surface area contributed by atoms with Gasteiger partial charge < -0.3 is 9.26 Å². The van der Waals surface area contributed by atoms with Gasteiger partial charge >= 0.3 is 11.9 Å². The standard InChI is InChI=1S/C16H23O5P/c17-15-9-14(16(18)20-15)22(19)13-8-4-2-6-11(13)10-5-1-3-7-12(10)21-22/h10-14H,1-9H2. The van der Waals surface area contributed by atoms with Crippen LogP contribution in [0.5, 0.6) is 0 Å². The van der Waals surface area contributed by atoms with Gasteiger partial charge in [-0.3, -0.25) is 14.2 Å². The van der Waals surface area contributed by atoms with E-state index in [1.54, 1.807) is 0 Å². The minimum absolute atomic E-state index is 0.0161. The van der Waals surface area contributed by atoms with Gasteiger partial charge in [0.25, 0.3) is 0 Å². The first-order chi connectivity index (χ1) is 10.6. The summed E-state index contributed by atoms with van der Waals surface area (Å²) < 4.78 is 24.6. The molecular weight excluding hydrogens is 303 g/mol. The zero-order chi connectivity index (χ0) is 15.3. The Hall–Kier alpha value is -0.670. The second-order valence-corrected chi connectivity index (χ2v) is 10.1. The fourth-order valence-corrected chi connectivity index (χ4v) is 8.81. The third-order valence-electron chi connectivity index (χ3n) is 6.13. The number of cyclic esters (lactones) is 2. The third kappa shape index (κ3) is 2.20. The molecule has 0 radical (unpaired) electrons. The molecule has 2 heterocycles. The molecule has 2 saturated carbocycles. The Bertz CT molecular complexity index is 545. The number of hydrogen-bond donors (Lipinski definition) is 0. The molecule has 6 unspecified atom stereocenters. The van der Waals surface area contributed by atoms with Crippen LogP contribution in [-0.4, -0.2) is 29.4 Å². The van der Waals surface area contributed by atoms with Crippen molar-refractivity contribution in [3.05, 3.63) is 0 Å². The van der Waals surface area contributed by atoms with Crippen LogP contribution in [0.4, 0.5) is 0 Å². The van der Waals surface area contributed by atoms with E-state index in [0.717, 1.165) is 38.5 Å². The maximum atomic E-state index is 13.7. The summed E-state index contributed by atoms with van der Waals surface area (Å²) >= 11 is 0. The van der Waals surface area contributed by atoms with E-state index in [1.807, 2.05) is 0 Å². The second kappa shape index (κ2) is 5.45. The van der Waals surface area contributed by atoms with E-state index in [1.165, 1.54) is 12.8 Å². The van der Waals surface area contributed by atoms with Gasteiger partial charge in [-0.25, -0.2) is 0 Å². The molecule has 6 atom stereocenters. The molecule has 4 fully saturated rings. The summed E-state index contributed by atoms with van der Waals surface area (Å²) in [5, 5.41) is 0. The zero-order valence-corrected chi connectivity index (χ0v) is 13.6. The Balaban J connectivity index is 1.69. The van der Waals surface area contributed by atoms with Crippen LogP contribution < -0.4 is 0 Å². The molecule has 0 aromatic rings. The molecule has 2 aliphatic heterocycles. The highest BCUT2D eigenvalue weighted by atomic mass is 31.2. The summed E-state index contributed by atoms with van der Waals surface area (Å²) in [6.45, 7) is 0. The van der Waals surface area contributed by atoms with Gasteiger partial charge in [0, 0.05) is 5.66 Å². The number of hydrogen-bond acceptors (Lipinski definition) is 5. The van der Waals surface area contributed by atoms with Crippen molar-refractivity contribution in [2.24, 2.45) is 11.8 Å². The Labute approximate surface area is 130 Å². The van der Waals surface area contributed by atoms with Crippen molar-refractivity contribution in [1.82, 2.24) is 0 Å². The molecule has 22 heavy (non-hydrogen) atoms. The normalized spacial score (nSPS) is 48.5. The van der Waals surface area contributed by atoms with Crippen molar-refractivity contribution < 1.29 is 23.4 Å². The highest BCUT2D eigenvalue weighted by molar-refractivity contribution is 7.61. The average molecular weight is 326 g/mol. The van der Waals surface area contributed by atoms with Crippen LogP contribution in [0.15, 0.2) is 0 Å². The Morgan fingerprint density at radius 3 is 2.32 bits per heavy atom. The van der Waals surface area contributed by atoms with Crippen molar-refractivity contribution >= 4 is 19.3 Å². The van der Waals surface area contributed by atoms with E-state index in [-0.39, 0.29) is 18.2 Å². The Morgan fingerprint density at radius 2 is 1.59 bits per heavy atom. The molecule has 4 rings (SSSR count). The van der Waals surface area contributed by atoms with Crippen molar-refractivity contribution in [2.75, 3.05) is 0 Å². The first-order valence-corrected chi connectivity index (χ1v) is 10.4. The topological polar surface area (TPSA) is 69.7 Å². The number of carbonyl (C=O) groups excluding carboxylic acids is 2. The Morgan fingerprint density at radius 1 is 0.909 bits per heavy atom. The summed E-state index contributed by atoms with van der Waals surface area (Å²) in [6.07, 6.45) is 8.55. The van der Waals surface area contributed by atoms with Crippen LogP contribution in [0.2, 0.25) is 0 Å². The first kappa shape index (κ1) is 14.9. The van der Waals surface area contributed by atoms with E-state index in [0.29, 0.717) is 11.8 Å². The van der Waals surface area contributed by atoms with E-state index in [4.69, 9.17) is 4.52 Å². The molecular formula is C16H23O5P. The maximum absolute atomic E-state index is 13.7. The maximum Gasteiger partial charge on any atom is 0.327 e. The molecule has 5 nitrogen and oxygen atoms in total. The lowest BCUT2D eigenvalue weighted by Gasteiger charge is -2.51. The minimum atomic E-state index is -3.17. The molecule has 6 heteroatoms. The average Bonchev–Trinajstić information content (AvgIpc) is 2.87. The summed E-state index contributed by atoms with van der Waals surface area (Å²) in [7, 11) is -3.17. The predicted octanol–water partition coefficient (Wildman–Crippen LogP) is 3.25. The highest BCUT2D eigenvalue weighted by Crippen LogP contribution is 2.69. The molecule has 0 N–H and O–H groups in total. The summed E-state index contributed by atoms with van der Waals surface area (Å²) in [6, 6.07) is 0. The van der Waals surface area contributed by atoms with Crippen molar-refractivity contribution in [3.63, 3.8) is 0 Å². The highest BCUT2D eigenvalue weighted by Gasteiger charge is 2.59. The number of esters is 2. The molecule has 0 bridgehead atoms. The minimum Gasteiger partial charge on any atom is -0.392 e. The molecule has 2 saturated heterocycles. The number of ether oxygens (including phenoxy) is 1. The number of fused-ring (bicyclic) bond motifs is 3. The lowest BCUT2D eigenvalue weighted by atomic mass is 9.71. The number of rotatable bonds is 1. The van der Waals surface area contributed by atoms with Crippen molar-refractivity contribution in [3.8, 4) is 0 Å². The van der Waals surface area contributed by atoms with Crippen LogP contribution in [0.25, 0.3) is 0 Å². The van der Waals surface area contributed by atoms with Crippen molar-refractivity contribution in [1.29, 1.82) is 0 Å². The molecule has 0 aromatic carbocycles. The number of carbonyl (C=O) groups is 2. The van der Waals surface area contributed by atoms with Gasteiger partial charge in [0.15, 0.2) is 0 Å². The molecule has 2 aliphatic carbocycles. The largest absolute Gasteiger partial charge is 0.392 e. The van der Waals surface area contributed by atoms with E-state index in [9.17, 15) is 14.2 Å². The third-order valence-corrected chi connectivity index (χ3v) is 9.56. The SMILES string of the molecule is O=C1CC(P2(=O)OC3CCCCC3C3CCCCC32)C(=O)O1. The van der Waals surface area contributed by atoms with Gasteiger partial charge in [-0.15, -0.1) is 0 Å². The van der Waals surface area contributed by atoms with Crippen LogP contribution in [0.1, 0.15) is 57.8 Å². The van der Waals surface area contributed by atoms with Gasteiger partial charge in [0.2, 0.25) is 7.37 Å². The lowest BCUT2D eigenvalue weighted by Crippen LogP contribution is -2.47. The van der Waals surface area contributed by atoms with Gasteiger partial charge in [0.05, 0.1) is 12.5 Å². The fourth-order valence-electron chi connectivity index (χ4n) is 5.16. The molecule has 4 aliphatic rings. The van der Waals surface area contributed by atoms with Crippen molar-refractivity contribution in [2.45, 2.75) is 75.2 Å². The monoisotopic (exact) mass is 326 g/mol. The first-order valence-electron chi connectivity index (χ1n) is 8.62.